The smallest absolute Gasteiger partial charge is 0.335 e. The number of phenolic OH excluding ortho intramolecular Hbond substituents is 2. The lowest BCUT2D eigenvalue weighted by Gasteiger charge is -2.51. The SMILES string of the molecule is CC(=O)c1c(C)c(O)c2cc(C(=O)O)cc(O[C@@H]3O[C@H](CO)[C@]4(CC[C@H]5CCC[C@H]6COC[C@@H](CSSCO4)[C@@H]56)[C@H](O)[C@H]3O)c2c1O. The van der Waals surface area contributed by atoms with Crippen molar-refractivity contribution in [2.75, 3.05) is 31.5 Å². The number of hydrogen-bond donors (Lipinski definition) is 6. The Morgan fingerprint density at radius 1 is 1.04 bits per heavy atom. The molecule has 1 aliphatic carbocycles. The summed E-state index contributed by atoms with van der Waals surface area (Å²) in [6.07, 6.45) is -1.87. The molecule has 258 valence electrons. The van der Waals surface area contributed by atoms with Crippen LogP contribution in [0.5, 0.6) is 17.2 Å². The number of aliphatic hydroxyl groups excluding tert-OH is 3. The number of hydrogen-bond acceptors (Lipinski definition) is 13. The second kappa shape index (κ2) is 13.9. The molecular weight excluding hydrogens is 652 g/mol. The molecule has 0 aromatic heterocycles. The van der Waals surface area contributed by atoms with Gasteiger partial charge in [-0.15, -0.1) is 0 Å². The normalized spacial score (nSPS) is 34.7. The topological polar surface area (TPSA) is 192 Å². The fourth-order valence-corrected chi connectivity index (χ4v) is 10.4. The van der Waals surface area contributed by atoms with E-state index in [0.29, 0.717) is 36.5 Å². The Kier molecular flexibility index (Phi) is 10.2. The van der Waals surface area contributed by atoms with Gasteiger partial charge in [-0.05, 0) is 68.9 Å². The van der Waals surface area contributed by atoms with E-state index in [9.17, 15) is 40.2 Å². The molecule has 1 saturated carbocycles. The Balaban J connectivity index is 1.34. The number of fused-ring (bicyclic) bond motifs is 1. The van der Waals surface area contributed by atoms with Crippen LogP contribution in [0.2, 0.25) is 0 Å². The number of ketones is 1. The predicted molar refractivity (Wildman–Crippen MR) is 174 cm³/mol. The van der Waals surface area contributed by atoms with Crippen molar-refractivity contribution in [3.05, 3.63) is 28.8 Å². The maximum atomic E-state index is 12.4. The lowest BCUT2D eigenvalue weighted by molar-refractivity contribution is -0.322. The van der Waals surface area contributed by atoms with Gasteiger partial charge in [0.1, 0.15) is 47.1 Å². The summed E-state index contributed by atoms with van der Waals surface area (Å²) in [5, 5.41) is 65.6. The second-order valence-electron chi connectivity index (χ2n) is 13.2. The van der Waals surface area contributed by atoms with Crippen LogP contribution >= 0.6 is 21.6 Å². The maximum absolute atomic E-state index is 12.4. The highest BCUT2D eigenvalue weighted by Crippen LogP contribution is 2.50. The zero-order chi connectivity index (χ0) is 33.6. The molecule has 0 unspecified atom stereocenters. The number of aromatic hydroxyl groups is 2. The van der Waals surface area contributed by atoms with E-state index in [1.807, 2.05) is 0 Å². The van der Waals surface area contributed by atoms with Crippen LogP contribution in [0.15, 0.2) is 12.1 Å². The minimum Gasteiger partial charge on any atom is -0.507 e. The van der Waals surface area contributed by atoms with Gasteiger partial charge >= 0.3 is 5.97 Å². The summed E-state index contributed by atoms with van der Waals surface area (Å²) in [5.74, 6) is -0.410. The van der Waals surface area contributed by atoms with E-state index < -0.39 is 60.1 Å². The number of carboxylic acids is 1. The molecule has 4 fully saturated rings. The summed E-state index contributed by atoms with van der Waals surface area (Å²) in [5.41, 5.74) is -1.92. The van der Waals surface area contributed by atoms with Crippen molar-refractivity contribution in [1.82, 2.24) is 0 Å². The van der Waals surface area contributed by atoms with Crippen LogP contribution in [-0.2, 0) is 14.2 Å². The quantitative estimate of drug-likeness (QED) is 0.150. The van der Waals surface area contributed by atoms with E-state index >= 15 is 0 Å². The molecule has 0 radical (unpaired) electrons. The highest BCUT2D eigenvalue weighted by Gasteiger charge is 2.58. The van der Waals surface area contributed by atoms with Gasteiger partial charge < -0.3 is 49.6 Å². The monoisotopic (exact) mass is 694 g/mol. The molecule has 0 amide bonds. The maximum Gasteiger partial charge on any atom is 0.335 e. The zero-order valence-corrected chi connectivity index (χ0v) is 27.9. The largest absolute Gasteiger partial charge is 0.507 e. The number of aromatic carboxylic acids is 1. The van der Waals surface area contributed by atoms with Crippen molar-refractivity contribution in [2.24, 2.45) is 23.7 Å². The Morgan fingerprint density at radius 3 is 2.51 bits per heavy atom. The van der Waals surface area contributed by atoms with Gasteiger partial charge in [0, 0.05) is 23.3 Å². The third-order valence-corrected chi connectivity index (χ3v) is 12.8. The van der Waals surface area contributed by atoms with Gasteiger partial charge in [-0.2, -0.15) is 0 Å². The molecule has 12 nitrogen and oxygen atoms in total. The molecule has 9 atom stereocenters. The number of Topliss-reactive ketones (excluding diaryl/α,β-unsaturated/α-hetero) is 1. The highest BCUT2D eigenvalue weighted by molar-refractivity contribution is 8.76. The van der Waals surface area contributed by atoms with Crippen molar-refractivity contribution in [3.63, 3.8) is 0 Å². The molecule has 2 aromatic rings. The van der Waals surface area contributed by atoms with E-state index in [-0.39, 0.29) is 39.2 Å². The molecule has 6 N–H and O–H groups in total. The number of carbonyl (C=O) groups is 2. The summed E-state index contributed by atoms with van der Waals surface area (Å²) in [4.78, 5) is 24.4. The number of rotatable bonds is 5. The van der Waals surface area contributed by atoms with Crippen molar-refractivity contribution >= 4 is 44.1 Å². The fourth-order valence-electron chi connectivity index (χ4n) is 8.35. The zero-order valence-electron chi connectivity index (χ0n) is 26.3. The van der Waals surface area contributed by atoms with Gasteiger partial charge in [-0.3, -0.25) is 4.79 Å². The second-order valence-corrected chi connectivity index (χ2v) is 15.6. The van der Waals surface area contributed by atoms with E-state index in [1.54, 1.807) is 10.8 Å². The molecule has 4 aliphatic rings. The molecule has 3 aliphatic heterocycles. The molecule has 6 rings (SSSR count). The van der Waals surface area contributed by atoms with Crippen LogP contribution in [-0.4, -0.2) is 104 Å². The first-order valence-electron chi connectivity index (χ1n) is 16.0. The Morgan fingerprint density at radius 2 is 1.79 bits per heavy atom. The van der Waals surface area contributed by atoms with Gasteiger partial charge in [0.15, 0.2) is 5.78 Å². The first-order chi connectivity index (χ1) is 22.5. The van der Waals surface area contributed by atoms with Gasteiger partial charge in [0.2, 0.25) is 6.29 Å². The number of benzene rings is 2. The lowest BCUT2D eigenvalue weighted by atomic mass is 9.63. The average molecular weight is 695 g/mol. The van der Waals surface area contributed by atoms with Crippen LogP contribution in [0.25, 0.3) is 10.8 Å². The van der Waals surface area contributed by atoms with Crippen molar-refractivity contribution in [2.45, 2.75) is 76.2 Å². The first-order valence-corrected chi connectivity index (χ1v) is 18.5. The number of aliphatic hydroxyl groups is 3. The third kappa shape index (κ3) is 6.20. The number of carboxylic acid groups (broad SMARTS) is 1. The van der Waals surface area contributed by atoms with Gasteiger partial charge in [0.05, 0.1) is 29.7 Å². The Labute approximate surface area is 280 Å². The van der Waals surface area contributed by atoms with E-state index in [1.165, 1.54) is 24.6 Å². The van der Waals surface area contributed by atoms with E-state index in [2.05, 4.69) is 0 Å². The van der Waals surface area contributed by atoms with Crippen LogP contribution < -0.4 is 4.74 Å². The number of ether oxygens (including phenoxy) is 4. The summed E-state index contributed by atoms with van der Waals surface area (Å²) in [6.45, 7) is 3.52. The third-order valence-electron chi connectivity index (χ3n) is 10.6. The van der Waals surface area contributed by atoms with Crippen molar-refractivity contribution in [3.8, 4) is 17.2 Å². The summed E-state index contributed by atoms with van der Waals surface area (Å²) in [7, 11) is 3.17. The molecule has 0 bridgehead atoms. The predicted octanol–water partition coefficient (Wildman–Crippen LogP) is 3.85. The first kappa shape index (κ1) is 34.6. The Hall–Kier alpha value is -2.30. The van der Waals surface area contributed by atoms with Crippen molar-refractivity contribution < 1.29 is 59.2 Å². The highest BCUT2D eigenvalue weighted by atomic mass is 33.1. The number of phenols is 2. The van der Waals surface area contributed by atoms with Gasteiger partial charge in [-0.1, -0.05) is 34.4 Å². The molecule has 2 aromatic carbocycles. The van der Waals surface area contributed by atoms with Crippen LogP contribution in [0.1, 0.15) is 65.3 Å². The standard InChI is InChI=1S/C33H42O12S2/c1-15-24(16(2)35)28(37)26-21(27(15)36)8-19(31(40)41)9-22(26)44-32-29(38)30(39)33(23(10-34)45-32)7-6-17-4-3-5-18-11-42-12-20(25(17)18)13-46-47-14-43-33/h8-9,17-18,20,23,25,29-30,32,34,36-39H,3-7,10-14H2,1-2H3,(H,40,41)/t17-,18+,20+,23-,25+,29-,30-,32-,33-/m1/s1. The molecule has 47 heavy (non-hydrogen) atoms. The van der Waals surface area contributed by atoms with Crippen LogP contribution in [0, 0.1) is 30.6 Å². The van der Waals surface area contributed by atoms with Gasteiger partial charge in [-0.25, -0.2) is 4.79 Å². The van der Waals surface area contributed by atoms with Gasteiger partial charge in [0.25, 0.3) is 0 Å². The van der Waals surface area contributed by atoms with Crippen LogP contribution in [0.3, 0.4) is 0 Å². The molecule has 1 spiro atoms. The molecule has 14 heteroatoms. The van der Waals surface area contributed by atoms with E-state index in [4.69, 9.17) is 18.9 Å². The fraction of sp³-hybridized carbons (Fsp3) is 0.636. The Bertz CT molecular complexity index is 1510. The molecule has 3 heterocycles. The van der Waals surface area contributed by atoms with Crippen molar-refractivity contribution in [1.29, 1.82) is 0 Å². The minimum atomic E-state index is -1.73. The summed E-state index contributed by atoms with van der Waals surface area (Å²) < 4.78 is 24.5. The lowest BCUT2D eigenvalue weighted by Crippen LogP contribution is -2.69. The van der Waals surface area contributed by atoms with E-state index in [0.717, 1.165) is 50.4 Å². The minimum absolute atomic E-state index is 0.0546. The molecular formula is C33H42O12S2. The summed E-state index contributed by atoms with van der Waals surface area (Å²) >= 11 is 0. The summed E-state index contributed by atoms with van der Waals surface area (Å²) in [6, 6.07) is 2.21. The number of carbonyl (C=O) groups excluding carboxylic acids is 1. The average Bonchev–Trinajstić information content (AvgIpc) is 3.08. The molecule has 3 saturated heterocycles. The van der Waals surface area contributed by atoms with Crippen LogP contribution in [0.4, 0.5) is 0 Å².